The van der Waals surface area contributed by atoms with Gasteiger partial charge < -0.3 is 4.90 Å². The fourth-order valence-electron chi connectivity index (χ4n) is 2.54. The van der Waals surface area contributed by atoms with Gasteiger partial charge in [-0.1, -0.05) is 64.4 Å². The van der Waals surface area contributed by atoms with Crippen LogP contribution in [0, 0.1) is 12.8 Å². The van der Waals surface area contributed by atoms with Gasteiger partial charge in [0.2, 0.25) is 0 Å². The summed E-state index contributed by atoms with van der Waals surface area (Å²) in [6, 6.07) is 8.95. The molecule has 2 rings (SSSR count). The molecule has 1 aliphatic rings. The zero-order valence-corrected chi connectivity index (χ0v) is 13.9. The zero-order valence-electron chi connectivity index (χ0n) is 13.9. The molecular weight excluding hydrogens is 230 g/mol. The summed E-state index contributed by atoms with van der Waals surface area (Å²) in [4.78, 5) is 2.56. The maximum Gasteiger partial charge on any atom is 0.00132 e. The van der Waals surface area contributed by atoms with Crippen molar-refractivity contribution < 1.29 is 0 Å². The first kappa shape index (κ1) is 18.2. The van der Waals surface area contributed by atoms with Crippen LogP contribution in [0.2, 0.25) is 0 Å². The summed E-state index contributed by atoms with van der Waals surface area (Å²) in [5, 5.41) is 0. The lowest BCUT2D eigenvalue weighted by atomic mass is 9.98. The number of benzene rings is 1. The van der Waals surface area contributed by atoms with E-state index in [1.54, 1.807) is 0 Å². The molecule has 0 radical (unpaired) electrons. The molecule has 1 atom stereocenters. The normalized spacial score (nSPS) is 18.1. The van der Waals surface area contributed by atoms with Crippen LogP contribution >= 0.6 is 0 Å². The predicted molar refractivity (Wildman–Crippen MR) is 87.8 cm³/mol. The van der Waals surface area contributed by atoms with Gasteiger partial charge in [-0.15, -0.1) is 0 Å². The van der Waals surface area contributed by atoms with Gasteiger partial charge in [-0.2, -0.15) is 0 Å². The average Bonchev–Trinajstić information content (AvgIpc) is 2.91. The molecule has 1 fully saturated rings. The third kappa shape index (κ3) is 6.77. The Morgan fingerprint density at radius 3 is 2.37 bits per heavy atom. The summed E-state index contributed by atoms with van der Waals surface area (Å²) in [5.74, 6) is 0.881. The molecule has 1 saturated heterocycles. The van der Waals surface area contributed by atoms with Crippen LogP contribution in [-0.4, -0.2) is 24.5 Å². The number of hydrogen-bond donors (Lipinski definition) is 0. The highest BCUT2D eigenvalue weighted by Crippen LogP contribution is 2.20. The van der Waals surface area contributed by atoms with Crippen molar-refractivity contribution in [1.29, 1.82) is 0 Å². The van der Waals surface area contributed by atoms with Crippen molar-refractivity contribution in [3.05, 3.63) is 35.4 Å². The van der Waals surface area contributed by atoms with Gasteiger partial charge in [0.15, 0.2) is 0 Å². The van der Waals surface area contributed by atoms with Crippen LogP contribution in [0.1, 0.15) is 52.2 Å². The number of hydrogen-bond acceptors (Lipinski definition) is 1. The lowest BCUT2D eigenvalue weighted by molar-refractivity contribution is 0.342. The van der Waals surface area contributed by atoms with Gasteiger partial charge in [0, 0.05) is 6.54 Å². The summed E-state index contributed by atoms with van der Waals surface area (Å²) in [7, 11) is 0. The molecule has 0 bridgehead atoms. The van der Waals surface area contributed by atoms with Gasteiger partial charge in [-0.3, -0.25) is 0 Å². The van der Waals surface area contributed by atoms with E-state index in [2.05, 4.69) is 43.0 Å². The van der Waals surface area contributed by atoms with Crippen molar-refractivity contribution in [1.82, 2.24) is 4.90 Å². The van der Waals surface area contributed by atoms with E-state index in [0.29, 0.717) is 0 Å². The molecule has 1 heterocycles. The SMILES string of the molecule is CC.CC.CCN1CCC(Cc2cccc(C)c2)C1. The predicted octanol–water partition coefficient (Wildman–Crippen LogP) is 4.93. The van der Waals surface area contributed by atoms with Crippen LogP contribution in [0.25, 0.3) is 0 Å². The van der Waals surface area contributed by atoms with Gasteiger partial charge in [0.25, 0.3) is 0 Å². The summed E-state index contributed by atoms with van der Waals surface area (Å²) in [6.07, 6.45) is 2.64. The molecule has 0 aliphatic carbocycles. The smallest absolute Gasteiger partial charge is 0.00132 e. The maximum atomic E-state index is 2.56. The summed E-state index contributed by atoms with van der Waals surface area (Å²) < 4.78 is 0. The monoisotopic (exact) mass is 263 g/mol. The molecule has 1 aromatic carbocycles. The van der Waals surface area contributed by atoms with Crippen LogP contribution < -0.4 is 0 Å². The third-order valence-corrected chi connectivity index (χ3v) is 3.42. The standard InChI is InChI=1S/C14H21N.2C2H6/c1-3-15-8-7-14(11-15)10-13-6-4-5-12(2)9-13;2*1-2/h4-6,9,14H,3,7-8,10-11H2,1-2H3;2*1-2H3. The fourth-order valence-corrected chi connectivity index (χ4v) is 2.54. The van der Waals surface area contributed by atoms with Gasteiger partial charge in [-0.05, 0) is 44.3 Å². The van der Waals surface area contributed by atoms with Crippen molar-refractivity contribution in [2.24, 2.45) is 5.92 Å². The van der Waals surface area contributed by atoms with Crippen molar-refractivity contribution in [3.63, 3.8) is 0 Å². The summed E-state index contributed by atoms with van der Waals surface area (Å²) >= 11 is 0. The van der Waals surface area contributed by atoms with E-state index in [-0.39, 0.29) is 0 Å². The van der Waals surface area contributed by atoms with Gasteiger partial charge in [-0.25, -0.2) is 0 Å². The van der Waals surface area contributed by atoms with E-state index < -0.39 is 0 Å². The molecule has 0 N–H and O–H groups in total. The molecule has 0 amide bonds. The Kier molecular flexibility index (Phi) is 10.6. The number of nitrogens with zero attached hydrogens (tertiary/aromatic N) is 1. The van der Waals surface area contributed by atoms with Crippen LogP contribution in [0.4, 0.5) is 0 Å². The zero-order chi connectivity index (χ0) is 14.7. The number of likely N-dealkylation sites (tertiary alicyclic amines) is 1. The van der Waals surface area contributed by atoms with Crippen molar-refractivity contribution in [3.8, 4) is 0 Å². The summed E-state index contributed by atoms with van der Waals surface area (Å²) in [6.45, 7) is 16.2. The molecule has 1 aliphatic heterocycles. The largest absolute Gasteiger partial charge is 0.303 e. The fraction of sp³-hybridized carbons (Fsp3) is 0.667. The molecule has 1 heteroatoms. The minimum Gasteiger partial charge on any atom is -0.303 e. The highest BCUT2D eigenvalue weighted by molar-refractivity contribution is 5.22. The van der Waals surface area contributed by atoms with E-state index in [1.807, 2.05) is 27.7 Å². The summed E-state index contributed by atoms with van der Waals surface area (Å²) in [5.41, 5.74) is 2.90. The minimum absolute atomic E-state index is 0.881. The molecule has 1 unspecified atom stereocenters. The molecular formula is C18H33N. The second kappa shape index (κ2) is 11.0. The van der Waals surface area contributed by atoms with Crippen LogP contribution in [0.5, 0.6) is 0 Å². The second-order valence-electron chi connectivity index (χ2n) is 4.74. The van der Waals surface area contributed by atoms with Gasteiger partial charge in [0.05, 0.1) is 0 Å². The number of rotatable bonds is 3. The Hall–Kier alpha value is -0.820. The quantitative estimate of drug-likeness (QED) is 0.747. The van der Waals surface area contributed by atoms with Crippen molar-refractivity contribution in [2.45, 2.75) is 54.4 Å². The van der Waals surface area contributed by atoms with Crippen LogP contribution in [0.3, 0.4) is 0 Å². The van der Waals surface area contributed by atoms with Crippen molar-refractivity contribution in [2.75, 3.05) is 19.6 Å². The van der Waals surface area contributed by atoms with E-state index in [9.17, 15) is 0 Å². The third-order valence-electron chi connectivity index (χ3n) is 3.42. The first-order chi connectivity index (χ1) is 9.28. The Bertz CT molecular complexity index is 319. The lowest BCUT2D eigenvalue weighted by Gasteiger charge is -2.13. The average molecular weight is 263 g/mol. The minimum atomic E-state index is 0.881. The highest BCUT2D eigenvalue weighted by atomic mass is 15.1. The van der Waals surface area contributed by atoms with E-state index in [0.717, 1.165) is 5.92 Å². The Labute approximate surface area is 121 Å². The first-order valence-corrected chi connectivity index (χ1v) is 8.06. The lowest BCUT2D eigenvalue weighted by Crippen LogP contribution is -2.20. The highest BCUT2D eigenvalue weighted by Gasteiger charge is 2.20. The maximum absolute atomic E-state index is 2.56. The first-order valence-electron chi connectivity index (χ1n) is 8.06. The van der Waals surface area contributed by atoms with Crippen LogP contribution in [-0.2, 0) is 6.42 Å². The van der Waals surface area contributed by atoms with Crippen LogP contribution in [0.15, 0.2) is 24.3 Å². The second-order valence-corrected chi connectivity index (χ2v) is 4.74. The molecule has 110 valence electrons. The van der Waals surface area contributed by atoms with Gasteiger partial charge >= 0.3 is 0 Å². The molecule has 1 nitrogen and oxygen atoms in total. The Morgan fingerprint density at radius 2 is 1.84 bits per heavy atom. The molecule has 1 aromatic rings. The van der Waals surface area contributed by atoms with E-state index in [4.69, 9.17) is 0 Å². The van der Waals surface area contributed by atoms with Crippen molar-refractivity contribution >= 4 is 0 Å². The molecule has 0 spiro atoms. The molecule has 19 heavy (non-hydrogen) atoms. The molecule has 0 saturated carbocycles. The van der Waals surface area contributed by atoms with Gasteiger partial charge in [0.1, 0.15) is 0 Å². The Balaban J connectivity index is 0.000000741. The van der Waals surface area contributed by atoms with E-state index >= 15 is 0 Å². The number of aryl methyl sites for hydroxylation is 1. The molecule has 0 aromatic heterocycles. The Morgan fingerprint density at radius 1 is 1.16 bits per heavy atom. The van der Waals surface area contributed by atoms with E-state index in [1.165, 1.54) is 43.6 Å². The topological polar surface area (TPSA) is 3.24 Å².